The third kappa shape index (κ3) is 3.94. The lowest BCUT2D eigenvalue weighted by Gasteiger charge is -2.70. The molecule has 0 N–H and O–H groups in total. The van der Waals surface area contributed by atoms with Crippen LogP contribution < -0.4 is 0 Å². The van der Waals surface area contributed by atoms with E-state index in [1.807, 2.05) is 0 Å². The van der Waals surface area contributed by atoms with E-state index in [-0.39, 0.29) is 17.5 Å². The summed E-state index contributed by atoms with van der Waals surface area (Å²) in [5.41, 5.74) is 4.75. The molecule has 0 aliphatic heterocycles. The zero-order valence-electron chi connectivity index (χ0n) is 23.8. The maximum absolute atomic E-state index is 11.8. The van der Waals surface area contributed by atoms with E-state index in [0.717, 1.165) is 12.3 Å². The van der Waals surface area contributed by atoms with Gasteiger partial charge in [0.2, 0.25) is 0 Å². The number of allylic oxidation sites excluding steroid dienone is 4. The third-order valence-electron chi connectivity index (χ3n) is 12.0. The summed E-state index contributed by atoms with van der Waals surface area (Å²) >= 11 is 0. The Hall–Kier alpha value is -1.05. The van der Waals surface area contributed by atoms with Crippen molar-refractivity contribution < 1.29 is 9.53 Å². The highest BCUT2D eigenvalue weighted by molar-refractivity contribution is 5.66. The molecule has 0 saturated heterocycles. The average Bonchev–Trinajstić information content (AvgIpc) is 2.71. The first kappa shape index (κ1) is 26.0. The molecule has 192 valence electrons. The first-order valence-electron chi connectivity index (χ1n) is 14.2. The molecule has 0 aromatic heterocycles. The molecule has 0 radical (unpaired) electrons. The quantitative estimate of drug-likeness (QED) is 0.304. The van der Waals surface area contributed by atoms with Crippen LogP contribution >= 0.6 is 0 Å². The Balaban J connectivity index is 1.61. The first-order chi connectivity index (χ1) is 15.7. The minimum atomic E-state index is -0.116. The molecule has 0 amide bonds. The molecule has 4 aliphatic rings. The Bertz CT molecular complexity index is 875. The van der Waals surface area contributed by atoms with E-state index >= 15 is 0 Å². The fraction of sp³-hybridized carbons (Fsp3) is 0.844. The molecule has 0 bridgehead atoms. The van der Waals surface area contributed by atoms with E-state index in [4.69, 9.17) is 4.74 Å². The van der Waals surface area contributed by atoms with Gasteiger partial charge in [0.1, 0.15) is 6.10 Å². The fourth-order valence-corrected chi connectivity index (χ4v) is 9.72. The van der Waals surface area contributed by atoms with Crippen LogP contribution in [-0.4, -0.2) is 12.1 Å². The van der Waals surface area contributed by atoms with Crippen molar-refractivity contribution >= 4 is 5.97 Å². The molecule has 34 heavy (non-hydrogen) atoms. The number of hydrogen-bond donors (Lipinski definition) is 0. The van der Waals surface area contributed by atoms with Crippen molar-refractivity contribution in [2.75, 3.05) is 0 Å². The molecule has 4 rings (SSSR count). The standard InChI is InChI=1S/C32H52O2/c1-22(2)11-10-16-29(6)19-20-31(8)24(21-29)12-13-26-30(7)17-15-27(34-23(3)33)28(4,5)25(30)14-18-32(26,31)9/h11-12,25-27H,10,13-21H2,1-9H3/t25-,26+,27-,29+,30-,31+,32+/m0/s1. The Kier molecular flexibility index (Phi) is 6.52. The zero-order valence-corrected chi connectivity index (χ0v) is 23.8. The minimum Gasteiger partial charge on any atom is -0.462 e. The highest BCUT2D eigenvalue weighted by Gasteiger charge is 2.66. The molecule has 3 saturated carbocycles. The number of hydrogen-bond acceptors (Lipinski definition) is 2. The van der Waals surface area contributed by atoms with Crippen LogP contribution in [-0.2, 0) is 9.53 Å². The van der Waals surface area contributed by atoms with Crippen LogP contribution in [0, 0.1) is 38.9 Å². The van der Waals surface area contributed by atoms with Crippen LogP contribution in [0.25, 0.3) is 0 Å². The van der Waals surface area contributed by atoms with E-state index < -0.39 is 0 Å². The van der Waals surface area contributed by atoms with Gasteiger partial charge in [0.15, 0.2) is 0 Å². The van der Waals surface area contributed by atoms with Crippen LogP contribution in [0.5, 0.6) is 0 Å². The van der Waals surface area contributed by atoms with Crippen LogP contribution in [0.3, 0.4) is 0 Å². The largest absolute Gasteiger partial charge is 0.462 e. The molecule has 4 aliphatic carbocycles. The van der Waals surface area contributed by atoms with Crippen molar-refractivity contribution in [3.63, 3.8) is 0 Å². The van der Waals surface area contributed by atoms with Gasteiger partial charge in [0.25, 0.3) is 0 Å². The molecule has 2 heteroatoms. The second-order valence-electron chi connectivity index (χ2n) is 14.6. The second-order valence-corrected chi connectivity index (χ2v) is 14.6. The highest BCUT2D eigenvalue weighted by atomic mass is 16.5. The molecule has 0 aromatic rings. The van der Waals surface area contributed by atoms with Gasteiger partial charge in [-0.05, 0) is 112 Å². The molecule has 0 aromatic carbocycles. The number of carbonyl (C=O) groups excluding carboxylic acids is 1. The molecular weight excluding hydrogens is 416 g/mol. The van der Waals surface area contributed by atoms with Gasteiger partial charge in [-0.3, -0.25) is 4.79 Å². The van der Waals surface area contributed by atoms with E-state index in [2.05, 4.69) is 67.5 Å². The number of rotatable bonds is 4. The normalized spacial score (nSPS) is 45.2. The van der Waals surface area contributed by atoms with Crippen molar-refractivity contribution in [3.05, 3.63) is 23.3 Å². The molecule has 0 heterocycles. The van der Waals surface area contributed by atoms with E-state index in [1.54, 1.807) is 12.5 Å². The second kappa shape index (κ2) is 8.52. The summed E-state index contributed by atoms with van der Waals surface area (Å²) in [4.78, 5) is 11.8. The van der Waals surface area contributed by atoms with Crippen molar-refractivity contribution in [3.8, 4) is 0 Å². The first-order valence-corrected chi connectivity index (χ1v) is 14.2. The average molecular weight is 469 g/mol. The monoisotopic (exact) mass is 468 g/mol. The predicted octanol–water partition coefficient (Wildman–Crippen LogP) is 9.05. The maximum atomic E-state index is 11.8. The summed E-state index contributed by atoms with van der Waals surface area (Å²) in [6.45, 7) is 21.3. The third-order valence-corrected chi connectivity index (χ3v) is 12.0. The summed E-state index contributed by atoms with van der Waals surface area (Å²) < 4.78 is 5.88. The Morgan fingerprint density at radius 1 is 0.971 bits per heavy atom. The number of carbonyl (C=O) groups is 1. The summed E-state index contributed by atoms with van der Waals surface area (Å²) in [5.74, 6) is 1.22. The zero-order chi connectivity index (χ0) is 25.2. The molecule has 0 unspecified atom stereocenters. The maximum Gasteiger partial charge on any atom is 0.302 e. The summed E-state index contributed by atoms with van der Waals surface area (Å²) in [5, 5.41) is 0. The van der Waals surface area contributed by atoms with Gasteiger partial charge in [-0.25, -0.2) is 0 Å². The number of fused-ring (bicyclic) bond motifs is 5. The Morgan fingerprint density at radius 3 is 2.32 bits per heavy atom. The van der Waals surface area contributed by atoms with E-state index in [1.165, 1.54) is 63.4 Å². The number of esters is 1. The fourth-order valence-electron chi connectivity index (χ4n) is 9.72. The van der Waals surface area contributed by atoms with Crippen LogP contribution in [0.15, 0.2) is 23.3 Å². The molecule has 0 spiro atoms. The summed E-state index contributed by atoms with van der Waals surface area (Å²) in [6.07, 6.45) is 17.8. The van der Waals surface area contributed by atoms with Gasteiger partial charge in [-0.15, -0.1) is 0 Å². The van der Waals surface area contributed by atoms with Gasteiger partial charge >= 0.3 is 5.97 Å². The smallest absolute Gasteiger partial charge is 0.302 e. The summed E-state index contributed by atoms with van der Waals surface area (Å²) in [6, 6.07) is 0. The van der Waals surface area contributed by atoms with E-state index in [9.17, 15) is 4.79 Å². The van der Waals surface area contributed by atoms with Crippen LogP contribution in [0.2, 0.25) is 0 Å². The van der Waals surface area contributed by atoms with Gasteiger partial charge in [-0.1, -0.05) is 64.8 Å². The molecule has 3 fully saturated rings. The Morgan fingerprint density at radius 2 is 1.68 bits per heavy atom. The highest BCUT2D eigenvalue weighted by Crippen LogP contribution is 2.73. The lowest BCUT2D eigenvalue weighted by Crippen LogP contribution is -2.63. The molecule has 2 nitrogen and oxygen atoms in total. The molecular formula is C32H52O2. The summed E-state index contributed by atoms with van der Waals surface area (Å²) in [7, 11) is 0. The SMILES string of the molecule is CC(=O)O[C@H]1CC[C@]2(C)[C@H]3CC=C4C[C@](C)(CCC=C(C)C)CC[C@@]4(C)[C@]3(C)CC[C@H]2C1(C)C. The molecule has 7 atom stereocenters. The van der Waals surface area contributed by atoms with Gasteiger partial charge in [0.05, 0.1) is 0 Å². The van der Waals surface area contributed by atoms with E-state index in [0.29, 0.717) is 27.6 Å². The van der Waals surface area contributed by atoms with Crippen molar-refractivity contribution in [1.82, 2.24) is 0 Å². The van der Waals surface area contributed by atoms with Gasteiger partial charge < -0.3 is 4.74 Å². The number of ether oxygens (including phenoxy) is 1. The van der Waals surface area contributed by atoms with Gasteiger partial charge in [0, 0.05) is 12.3 Å². The van der Waals surface area contributed by atoms with Crippen molar-refractivity contribution in [1.29, 1.82) is 0 Å². The lowest BCUT2D eigenvalue weighted by atomic mass is 9.35. The Labute approximate surface area is 210 Å². The lowest BCUT2D eigenvalue weighted by molar-refractivity contribution is -0.209. The van der Waals surface area contributed by atoms with Crippen molar-refractivity contribution in [2.24, 2.45) is 38.9 Å². The minimum absolute atomic E-state index is 0.0426. The predicted molar refractivity (Wildman–Crippen MR) is 142 cm³/mol. The van der Waals surface area contributed by atoms with Crippen LogP contribution in [0.4, 0.5) is 0 Å². The van der Waals surface area contributed by atoms with Gasteiger partial charge in [-0.2, -0.15) is 0 Å². The van der Waals surface area contributed by atoms with Crippen molar-refractivity contribution in [2.45, 2.75) is 133 Å². The topological polar surface area (TPSA) is 26.3 Å². The van der Waals surface area contributed by atoms with Crippen LogP contribution in [0.1, 0.15) is 127 Å².